The van der Waals surface area contributed by atoms with Gasteiger partial charge in [-0.05, 0) is 51.6 Å². The molecule has 0 spiro atoms. The standard InChI is InChI=1S/C12H9BrClN3O2S/c13-9-5-6-20-10(9)11(18)16-17(12(15)19)8-3-1-7(14)2-4-8/h1-6H,(H2,15,19)(H,16,18). The van der Waals surface area contributed by atoms with Crippen LogP contribution in [0.25, 0.3) is 0 Å². The minimum absolute atomic E-state index is 0.419. The smallest absolute Gasteiger partial charge is 0.338 e. The lowest BCUT2D eigenvalue weighted by atomic mass is 10.3. The second-order valence-electron chi connectivity index (χ2n) is 3.69. The second-order valence-corrected chi connectivity index (χ2v) is 5.90. The fourth-order valence-electron chi connectivity index (χ4n) is 1.45. The zero-order valence-electron chi connectivity index (χ0n) is 9.97. The number of urea groups is 1. The van der Waals surface area contributed by atoms with Gasteiger partial charge in [0.25, 0.3) is 5.91 Å². The Morgan fingerprint density at radius 1 is 1.25 bits per heavy atom. The number of thiophene rings is 1. The van der Waals surface area contributed by atoms with Crippen LogP contribution in [0.1, 0.15) is 9.67 Å². The normalized spacial score (nSPS) is 10.1. The Balaban J connectivity index is 2.22. The van der Waals surface area contributed by atoms with E-state index in [9.17, 15) is 9.59 Å². The number of amides is 3. The molecule has 0 aliphatic carbocycles. The molecule has 0 saturated carbocycles. The molecule has 0 unspecified atom stereocenters. The molecule has 2 aromatic rings. The van der Waals surface area contributed by atoms with Crippen molar-refractivity contribution in [1.29, 1.82) is 0 Å². The summed E-state index contributed by atoms with van der Waals surface area (Å²) in [4.78, 5) is 24.0. The highest BCUT2D eigenvalue weighted by Crippen LogP contribution is 2.23. The highest BCUT2D eigenvalue weighted by molar-refractivity contribution is 9.10. The number of hydrazine groups is 1. The number of halogens is 2. The van der Waals surface area contributed by atoms with E-state index in [2.05, 4.69) is 21.4 Å². The Labute approximate surface area is 132 Å². The van der Waals surface area contributed by atoms with Crippen LogP contribution < -0.4 is 16.2 Å². The van der Waals surface area contributed by atoms with Crippen LogP contribution in [0.4, 0.5) is 10.5 Å². The number of nitrogens with one attached hydrogen (secondary N) is 1. The lowest BCUT2D eigenvalue weighted by Gasteiger charge is -2.20. The molecule has 8 heteroatoms. The van der Waals surface area contributed by atoms with Crippen molar-refractivity contribution in [3.63, 3.8) is 0 Å². The number of carbonyl (C=O) groups excluding carboxylic acids is 2. The van der Waals surface area contributed by atoms with Gasteiger partial charge in [0.05, 0.1) is 5.69 Å². The fraction of sp³-hybridized carbons (Fsp3) is 0. The lowest BCUT2D eigenvalue weighted by Crippen LogP contribution is -2.49. The third kappa shape index (κ3) is 3.30. The van der Waals surface area contributed by atoms with E-state index in [1.54, 1.807) is 35.7 Å². The first-order chi connectivity index (χ1) is 9.49. The first-order valence-electron chi connectivity index (χ1n) is 5.38. The molecule has 0 atom stereocenters. The van der Waals surface area contributed by atoms with Crippen molar-refractivity contribution in [2.24, 2.45) is 5.73 Å². The molecule has 0 saturated heterocycles. The maximum atomic E-state index is 12.1. The quantitative estimate of drug-likeness (QED) is 0.791. The van der Waals surface area contributed by atoms with E-state index in [0.717, 1.165) is 5.01 Å². The molecule has 104 valence electrons. The van der Waals surface area contributed by atoms with Gasteiger partial charge in [-0.15, -0.1) is 11.3 Å². The highest BCUT2D eigenvalue weighted by atomic mass is 79.9. The highest BCUT2D eigenvalue weighted by Gasteiger charge is 2.19. The van der Waals surface area contributed by atoms with Crippen LogP contribution in [-0.4, -0.2) is 11.9 Å². The number of benzene rings is 1. The van der Waals surface area contributed by atoms with Crippen molar-refractivity contribution in [3.05, 3.63) is 50.1 Å². The SMILES string of the molecule is NC(=O)N(NC(=O)c1sccc1Br)c1ccc(Cl)cc1. The number of primary amides is 1. The van der Waals surface area contributed by atoms with E-state index in [1.807, 2.05) is 0 Å². The zero-order valence-corrected chi connectivity index (χ0v) is 13.1. The van der Waals surface area contributed by atoms with Gasteiger partial charge in [0, 0.05) is 9.50 Å². The van der Waals surface area contributed by atoms with E-state index in [4.69, 9.17) is 17.3 Å². The van der Waals surface area contributed by atoms with Crippen molar-refractivity contribution >= 4 is 56.5 Å². The number of carbonyl (C=O) groups is 2. The van der Waals surface area contributed by atoms with Gasteiger partial charge in [-0.3, -0.25) is 10.2 Å². The molecule has 2 rings (SSSR count). The predicted octanol–water partition coefficient (Wildman–Crippen LogP) is 3.39. The topological polar surface area (TPSA) is 75.4 Å². The molecule has 20 heavy (non-hydrogen) atoms. The molecule has 1 heterocycles. The summed E-state index contributed by atoms with van der Waals surface area (Å²) >= 11 is 10.3. The third-order valence-corrected chi connectivity index (χ3v) is 4.43. The molecule has 0 aliphatic rings. The first-order valence-corrected chi connectivity index (χ1v) is 7.43. The predicted molar refractivity (Wildman–Crippen MR) is 83.0 cm³/mol. The van der Waals surface area contributed by atoms with Crippen molar-refractivity contribution in [1.82, 2.24) is 5.43 Å². The maximum Gasteiger partial charge on any atom is 0.338 e. The number of nitrogens with two attached hydrogens (primary N) is 1. The molecule has 0 radical (unpaired) electrons. The van der Waals surface area contributed by atoms with Gasteiger partial charge in [0.2, 0.25) is 0 Å². The minimum Gasteiger partial charge on any atom is -0.350 e. The minimum atomic E-state index is -0.798. The molecule has 1 aromatic carbocycles. The van der Waals surface area contributed by atoms with Gasteiger partial charge in [0.1, 0.15) is 4.88 Å². The molecule has 3 amide bonds. The number of nitrogens with zero attached hydrogens (tertiary/aromatic N) is 1. The summed E-state index contributed by atoms with van der Waals surface area (Å²) in [5.41, 5.74) is 8.15. The van der Waals surface area contributed by atoms with Crippen molar-refractivity contribution < 1.29 is 9.59 Å². The monoisotopic (exact) mass is 373 g/mol. The van der Waals surface area contributed by atoms with Crippen LogP contribution in [0.5, 0.6) is 0 Å². The maximum absolute atomic E-state index is 12.1. The van der Waals surface area contributed by atoms with Crippen molar-refractivity contribution in [2.75, 3.05) is 5.01 Å². The molecule has 5 nitrogen and oxygen atoms in total. The van der Waals surface area contributed by atoms with Crippen molar-refractivity contribution in [2.45, 2.75) is 0 Å². The summed E-state index contributed by atoms with van der Waals surface area (Å²) in [6.45, 7) is 0. The van der Waals surface area contributed by atoms with Crippen LogP contribution in [0, 0.1) is 0 Å². The number of anilines is 1. The van der Waals surface area contributed by atoms with Crippen LogP contribution >= 0.6 is 38.9 Å². The average Bonchev–Trinajstić information content (AvgIpc) is 2.83. The Morgan fingerprint density at radius 2 is 1.90 bits per heavy atom. The van der Waals surface area contributed by atoms with Crippen LogP contribution in [0.15, 0.2) is 40.2 Å². The third-order valence-electron chi connectivity index (χ3n) is 2.34. The number of hydrogen-bond acceptors (Lipinski definition) is 3. The van der Waals surface area contributed by atoms with Gasteiger partial charge in [-0.2, -0.15) is 0 Å². The van der Waals surface area contributed by atoms with Gasteiger partial charge < -0.3 is 5.73 Å². The second kappa shape index (κ2) is 6.25. The Bertz CT molecular complexity index is 644. The largest absolute Gasteiger partial charge is 0.350 e. The summed E-state index contributed by atoms with van der Waals surface area (Å²) in [6, 6.07) is 7.30. The number of hydrogen-bond donors (Lipinski definition) is 2. The molecule has 0 aliphatic heterocycles. The summed E-state index contributed by atoms with van der Waals surface area (Å²) in [7, 11) is 0. The van der Waals surface area contributed by atoms with E-state index < -0.39 is 11.9 Å². The summed E-state index contributed by atoms with van der Waals surface area (Å²) < 4.78 is 0.653. The van der Waals surface area contributed by atoms with Crippen LogP contribution in [0.2, 0.25) is 5.02 Å². The summed E-state index contributed by atoms with van der Waals surface area (Å²) in [5.74, 6) is -0.430. The van der Waals surface area contributed by atoms with Crippen molar-refractivity contribution in [3.8, 4) is 0 Å². The van der Waals surface area contributed by atoms with E-state index >= 15 is 0 Å². The fourth-order valence-corrected chi connectivity index (χ4v) is 3.01. The van der Waals surface area contributed by atoms with Gasteiger partial charge in [-0.25, -0.2) is 9.80 Å². The summed E-state index contributed by atoms with van der Waals surface area (Å²) in [5, 5.41) is 3.24. The average molecular weight is 375 g/mol. The molecule has 0 fully saturated rings. The zero-order chi connectivity index (χ0) is 14.7. The Morgan fingerprint density at radius 3 is 2.40 bits per heavy atom. The van der Waals surface area contributed by atoms with Crippen LogP contribution in [0.3, 0.4) is 0 Å². The van der Waals surface area contributed by atoms with Gasteiger partial charge in [-0.1, -0.05) is 11.6 Å². The van der Waals surface area contributed by atoms with E-state index in [1.165, 1.54) is 11.3 Å². The van der Waals surface area contributed by atoms with Gasteiger partial charge >= 0.3 is 6.03 Å². The Kier molecular flexibility index (Phi) is 4.64. The lowest BCUT2D eigenvalue weighted by molar-refractivity contribution is 0.0954. The molecular weight excluding hydrogens is 366 g/mol. The molecule has 3 N–H and O–H groups in total. The molecule has 0 bridgehead atoms. The van der Waals surface area contributed by atoms with Crippen LogP contribution in [-0.2, 0) is 0 Å². The van der Waals surface area contributed by atoms with Gasteiger partial charge in [0.15, 0.2) is 0 Å². The first kappa shape index (κ1) is 14.8. The Hall–Kier alpha value is -1.57. The molecular formula is C12H9BrClN3O2S. The summed E-state index contributed by atoms with van der Waals surface area (Å²) in [6.07, 6.45) is 0. The van der Waals surface area contributed by atoms with E-state index in [-0.39, 0.29) is 0 Å². The van der Waals surface area contributed by atoms with E-state index in [0.29, 0.717) is 20.1 Å². The number of rotatable bonds is 2. The molecule has 1 aromatic heterocycles.